The molecule has 41 heavy (non-hydrogen) atoms. The van der Waals surface area contributed by atoms with Crippen LogP contribution < -0.4 is 5.32 Å². The lowest BCUT2D eigenvalue weighted by molar-refractivity contribution is 0.0374. The van der Waals surface area contributed by atoms with Crippen molar-refractivity contribution in [3.05, 3.63) is 59.7 Å². The molecule has 0 aliphatic carbocycles. The number of nitrogens with zero attached hydrogens (tertiary/aromatic N) is 3. The largest absolute Gasteiger partial charge is 0.444 e. The Hall–Kier alpha value is -4.08. The first kappa shape index (κ1) is 31.4. The van der Waals surface area contributed by atoms with Crippen molar-refractivity contribution in [1.29, 1.82) is 0 Å². The van der Waals surface area contributed by atoms with Crippen molar-refractivity contribution >= 4 is 35.6 Å². The maximum absolute atomic E-state index is 12.9. The van der Waals surface area contributed by atoms with Gasteiger partial charge in [-0.15, -0.1) is 0 Å². The van der Waals surface area contributed by atoms with E-state index in [1.54, 1.807) is 41.5 Å². The topological polar surface area (TPSA) is 110 Å². The Morgan fingerprint density at radius 2 is 1.10 bits per heavy atom. The summed E-state index contributed by atoms with van der Waals surface area (Å²) in [5.74, 6) is 0.161. The second kappa shape index (κ2) is 12.2. The van der Waals surface area contributed by atoms with Crippen molar-refractivity contribution in [2.24, 2.45) is 4.99 Å². The number of hydrogen-bond donors (Lipinski definition) is 1. The van der Waals surface area contributed by atoms with Gasteiger partial charge in [-0.3, -0.25) is 5.32 Å². The first-order chi connectivity index (χ1) is 18.9. The Morgan fingerprint density at radius 3 is 1.51 bits per heavy atom. The molecule has 1 N–H and O–H groups in total. The molecule has 0 radical (unpaired) electrons. The van der Waals surface area contributed by atoms with Gasteiger partial charge in [0, 0.05) is 5.69 Å². The van der Waals surface area contributed by atoms with E-state index in [0.717, 1.165) is 11.1 Å². The molecule has 2 aromatic rings. The lowest BCUT2D eigenvalue weighted by atomic mass is 10.0. The molecule has 0 spiro atoms. The average Bonchev–Trinajstić information content (AvgIpc) is 3.22. The summed E-state index contributed by atoms with van der Waals surface area (Å²) in [5, 5.41) is 2.73. The summed E-state index contributed by atoms with van der Waals surface area (Å²) in [7, 11) is 0. The Bertz CT molecular complexity index is 1230. The normalized spacial score (nSPS) is 14.0. The first-order valence-electron chi connectivity index (χ1n) is 13.7. The van der Waals surface area contributed by atoms with E-state index in [1.165, 1.54) is 9.80 Å². The van der Waals surface area contributed by atoms with Crippen LogP contribution in [0, 0.1) is 0 Å². The van der Waals surface area contributed by atoms with Crippen LogP contribution in [0.2, 0.25) is 0 Å². The molecule has 0 saturated carbocycles. The number of ether oxygens (including phenoxy) is 3. The molecule has 0 atom stereocenters. The summed E-state index contributed by atoms with van der Waals surface area (Å²) in [4.78, 5) is 45.2. The number of aliphatic imine (C=N–C) groups is 1. The molecule has 1 aliphatic heterocycles. The molecule has 10 nitrogen and oxygen atoms in total. The molecule has 0 unspecified atom stereocenters. The molecule has 0 bridgehead atoms. The van der Waals surface area contributed by atoms with Crippen LogP contribution >= 0.6 is 0 Å². The highest BCUT2D eigenvalue weighted by molar-refractivity contribution is 6.04. The van der Waals surface area contributed by atoms with E-state index in [1.807, 2.05) is 69.3 Å². The summed E-state index contributed by atoms with van der Waals surface area (Å²) in [6.07, 6.45) is -0.996. The van der Waals surface area contributed by atoms with Crippen LogP contribution in [0.3, 0.4) is 0 Å². The number of anilines is 1. The highest BCUT2D eigenvalue weighted by Crippen LogP contribution is 2.23. The summed E-state index contributed by atoms with van der Waals surface area (Å²) in [5.41, 5.74) is 1.35. The molecule has 1 fully saturated rings. The zero-order chi connectivity index (χ0) is 30.6. The van der Waals surface area contributed by atoms with Crippen LogP contribution in [0.25, 0.3) is 0 Å². The van der Waals surface area contributed by atoms with Crippen LogP contribution in [0.4, 0.5) is 25.8 Å². The highest BCUT2D eigenvalue weighted by atomic mass is 16.6. The molecular formula is C31H42N4O6. The van der Waals surface area contributed by atoms with E-state index in [9.17, 15) is 14.4 Å². The van der Waals surface area contributed by atoms with Gasteiger partial charge in [0.05, 0.1) is 18.8 Å². The Kier molecular flexibility index (Phi) is 9.36. The number of rotatable bonds is 4. The fraction of sp³-hybridized carbons (Fsp3) is 0.484. The van der Waals surface area contributed by atoms with E-state index >= 15 is 0 Å². The van der Waals surface area contributed by atoms with E-state index in [4.69, 9.17) is 14.2 Å². The van der Waals surface area contributed by atoms with E-state index in [2.05, 4.69) is 10.3 Å². The van der Waals surface area contributed by atoms with Crippen molar-refractivity contribution < 1.29 is 28.6 Å². The Morgan fingerprint density at radius 1 is 0.683 bits per heavy atom. The van der Waals surface area contributed by atoms with Crippen LogP contribution in [-0.4, -0.2) is 63.9 Å². The number of benzene rings is 2. The van der Waals surface area contributed by atoms with E-state index in [-0.39, 0.29) is 19.0 Å². The van der Waals surface area contributed by atoms with Crippen molar-refractivity contribution in [2.75, 3.05) is 18.4 Å². The van der Waals surface area contributed by atoms with Gasteiger partial charge in [-0.2, -0.15) is 0 Å². The number of amides is 3. The van der Waals surface area contributed by atoms with Gasteiger partial charge in [0.1, 0.15) is 16.8 Å². The smallest absolute Gasteiger partial charge is 0.417 e. The summed E-state index contributed by atoms with van der Waals surface area (Å²) < 4.78 is 16.4. The number of hydrogen-bond acceptors (Lipinski definition) is 7. The third kappa shape index (κ3) is 10.1. The minimum atomic E-state index is -0.701. The monoisotopic (exact) mass is 566 g/mol. The zero-order valence-corrected chi connectivity index (χ0v) is 25.5. The van der Waals surface area contributed by atoms with Crippen LogP contribution in [0.5, 0.6) is 0 Å². The van der Waals surface area contributed by atoms with Crippen molar-refractivity contribution in [3.8, 4) is 0 Å². The van der Waals surface area contributed by atoms with Crippen LogP contribution in [-0.2, 0) is 20.6 Å². The van der Waals surface area contributed by atoms with Crippen molar-refractivity contribution in [3.63, 3.8) is 0 Å². The van der Waals surface area contributed by atoms with Gasteiger partial charge in [-0.1, -0.05) is 24.3 Å². The fourth-order valence-electron chi connectivity index (χ4n) is 3.81. The molecule has 0 aromatic heterocycles. The van der Waals surface area contributed by atoms with E-state index < -0.39 is 35.1 Å². The third-order valence-electron chi connectivity index (χ3n) is 5.43. The predicted molar refractivity (Wildman–Crippen MR) is 159 cm³/mol. The lowest BCUT2D eigenvalue weighted by Crippen LogP contribution is -2.44. The Balaban J connectivity index is 1.75. The van der Waals surface area contributed by atoms with E-state index in [0.29, 0.717) is 17.8 Å². The summed E-state index contributed by atoms with van der Waals surface area (Å²) in [6, 6.07) is 15.1. The van der Waals surface area contributed by atoms with Gasteiger partial charge in [0.2, 0.25) is 5.96 Å². The fourth-order valence-corrected chi connectivity index (χ4v) is 3.81. The molecular weight excluding hydrogens is 524 g/mol. The van der Waals surface area contributed by atoms with Gasteiger partial charge in [-0.25, -0.2) is 29.2 Å². The van der Waals surface area contributed by atoms with Gasteiger partial charge in [0.25, 0.3) is 0 Å². The van der Waals surface area contributed by atoms with Crippen molar-refractivity contribution in [2.45, 2.75) is 85.5 Å². The predicted octanol–water partition coefficient (Wildman–Crippen LogP) is 7.10. The Labute approximate surface area is 242 Å². The zero-order valence-electron chi connectivity index (χ0n) is 25.5. The van der Waals surface area contributed by atoms with Crippen LogP contribution in [0.1, 0.15) is 73.4 Å². The second-order valence-electron chi connectivity index (χ2n) is 12.8. The first-order valence-corrected chi connectivity index (χ1v) is 13.7. The molecule has 3 amide bonds. The standard InChI is InChI=1S/C31H42N4O6/c1-29(2,3)39-26(36)33-24-16-12-22(13-17-24)20-21-10-14-23(15-11-21)32-25-34(27(37)40-30(4,5)6)18-19-35(25)28(38)41-31(7,8)9/h10-17H,18-20H2,1-9H3,(H,33,36). The van der Waals surface area contributed by atoms with Crippen molar-refractivity contribution in [1.82, 2.24) is 9.80 Å². The van der Waals surface area contributed by atoms with Crippen LogP contribution in [0.15, 0.2) is 53.5 Å². The number of carbonyl (C=O) groups is 3. The number of guanidine groups is 1. The molecule has 1 heterocycles. The SMILES string of the molecule is CC(C)(C)OC(=O)Nc1ccc(Cc2ccc(N=C3N(C(=O)OC(C)(C)C)CCN3C(=O)OC(C)(C)C)cc2)cc1. The maximum Gasteiger partial charge on any atom is 0.417 e. The lowest BCUT2D eigenvalue weighted by Gasteiger charge is -2.27. The number of carbonyl (C=O) groups excluding carboxylic acids is 3. The molecule has 3 rings (SSSR count). The second-order valence-corrected chi connectivity index (χ2v) is 12.8. The van der Waals surface area contributed by atoms with Gasteiger partial charge in [-0.05, 0) is 104 Å². The molecule has 222 valence electrons. The quantitative estimate of drug-likeness (QED) is 0.395. The van der Waals surface area contributed by atoms with Gasteiger partial charge < -0.3 is 14.2 Å². The van der Waals surface area contributed by atoms with Gasteiger partial charge in [0.15, 0.2) is 0 Å². The summed E-state index contributed by atoms with van der Waals surface area (Å²) in [6.45, 7) is 16.6. The molecule has 2 aromatic carbocycles. The highest BCUT2D eigenvalue weighted by Gasteiger charge is 2.39. The molecule has 1 aliphatic rings. The summed E-state index contributed by atoms with van der Waals surface area (Å²) >= 11 is 0. The maximum atomic E-state index is 12.9. The third-order valence-corrected chi connectivity index (χ3v) is 5.43. The molecule has 10 heteroatoms. The minimum Gasteiger partial charge on any atom is -0.444 e. The average molecular weight is 567 g/mol. The number of nitrogens with one attached hydrogen (secondary N) is 1. The minimum absolute atomic E-state index is 0.161. The molecule has 1 saturated heterocycles. The van der Waals surface area contributed by atoms with Gasteiger partial charge >= 0.3 is 18.3 Å².